The lowest BCUT2D eigenvalue weighted by atomic mass is 10.1. The summed E-state index contributed by atoms with van der Waals surface area (Å²) in [5.41, 5.74) is -0.414. The third-order valence-corrected chi connectivity index (χ3v) is 1.86. The van der Waals surface area contributed by atoms with Crippen LogP contribution in [0.5, 0.6) is 0 Å². The van der Waals surface area contributed by atoms with Gasteiger partial charge in [0.25, 0.3) is 0 Å². The summed E-state index contributed by atoms with van der Waals surface area (Å²) in [4.78, 5) is 0. The minimum absolute atomic E-state index is 0.414. The Morgan fingerprint density at radius 1 is 1.91 bits per heavy atom. The van der Waals surface area contributed by atoms with Crippen molar-refractivity contribution >= 4 is 0 Å². The number of aliphatic hydroxyl groups is 1. The van der Waals surface area contributed by atoms with Gasteiger partial charge in [0.05, 0.1) is 25.9 Å². The zero-order valence-corrected chi connectivity index (χ0v) is 6.75. The summed E-state index contributed by atoms with van der Waals surface area (Å²) in [6.45, 7) is 6.80. The third kappa shape index (κ3) is 2.02. The van der Waals surface area contributed by atoms with Crippen LogP contribution in [0.2, 0.25) is 0 Å². The number of aliphatic hydroxyl groups excluding tert-OH is 1. The van der Waals surface area contributed by atoms with E-state index in [1.165, 1.54) is 0 Å². The summed E-state index contributed by atoms with van der Waals surface area (Å²) in [6, 6.07) is 0. The van der Waals surface area contributed by atoms with Crippen LogP contribution >= 0.6 is 0 Å². The third-order valence-electron chi connectivity index (χ3n) is 1.86. The Labute approximate surface area is 66.6 Å². The van der Waals surface area contributed by atoms with Crippen molar-refractivity contribution in [1.82, 2.24) is 0 Å². The van der Waals surface area contributed by atoms with Crippen molar-refractivity contribution in [2.45, 2.75) is 18.6 Å². The molecule has 2 unspecified atom stereocenters. The zero-order valence-electron chi connectivity index (χ0n) is 6.75. The van der Waals surface area contributed by atoms with Gasteiger partial charge in [-0.2, -0.15) is 0 Å². The monoisotopic (exact) mass is 158 g/mol. The molecule has 3 heteroatoms. The molecule has 1 aliphatic heterocycles. The normalized spacial score (nSPS) is 31.5. The minimum atomic E-state index is -0.452. The van der Waals surface area contributed by atoms with E-state index in [1.54, 1.807) is 13.0 Å². The van der Waals surface area contributed by atoms with Crippen LogP contribution in [0.25, 0.3) is 0 Å². The second-order valence-electron chi connectivity index (χ2n) is 2.83. The van der Waals surface area contributed by atoms with E-state index >= 15 is 0 Å². The molecule has 0 saturated carbocycles. The van der Waals surface area contributed by atoms with Gasteiger partial charge in [-0.1, -0.05) is 6.08 Å². The molecular weight excluding hydrogens is 144 g/mol. The maximum atomic E-state index is 9.21. The summed E-state index contributed by atoms with van der Waals surface area (Å²) < 4.78 is 10.3. The van der Waals surface area contributed by atoms with Crippen LogP contribution in [0.4, 0.5) is 0 Å². The predicted octanol–water partition coefficient (Wildman–Crippen LogP) is 0.339. The topological polar surface area (TPSA) is 42.0 Å². The quantitative estimate of drug-likeness (QED) is 0.356. The lowest BCUT2D eigenvalue weighted by Crippen LogP contribution is -2.32. The molecule has 1 heterocycles. The van der Waals surface area contributed by atoms with Gasteiger partial charge in [0.15, 0.2) is 0 Å². The van der Waals surface area contributed by atoms with Crippen molar-refractivity contribution in [3.63, 3.8) is 0 Å². The summed E-state index contributed by atoms with van der Waals surface area (Å²) in [7, 11) is 0. The molecule has 0 aliphatic carbocycles. The molecule has 0 aromatic heterocycles. The molecule has 0 spiro atoms. The van der Waals surface area contributed by atoms with Crippen molar-refractivity contribution in [3.05, 3.63) is 12.7 Å². The Hall–Kier alpha value is -0.380. The van der Waals surface area contributed by atoms with E-state index in [0.717, 1.165) is 0 Å². The van der Waals surface area contributed by atoms with Crippen LogP contribution in [0.3, 0.4) is 0 Å². The van der Waals surface area contributed by atoms with Crippen molar-refractivity contribution < 1.29 is 14.6 Å². The van der Waals surface area contributed by atoms with E-state index in [0.29, 0.717) is 19.8 Å². The van der Waals surface area contributed by atoms with E-state index in [4.69, 9.17) is 9.47 Å². The number of hydrogen-bond acceptors (Lipinski definition) is 3. The molecule has 64 valence electrons. The minimum Gasteiger partial charge on any atom is -0.390 e. The molecule has 2 atom stereocenters. The Morgan fingerprint density at radius 2 is 2.55 bits per heavy atom. The van der Waals surface area contributed by atoms with Crippen LogP contribution in [0.1, 0.15) is 6.92 Å². The van der Waals surface area contributed by atoms with Gasteiger partial charge in [-0.05, 0) is 6.92 Å². The molecule has 3 nitrogen and oxygen atoms in total. The Bertz CT molecular complexity index is 138. The lowest BCUT2D eigenvalue weighted by molar-refractivity contribution is 0.0208. The maximum Gasteiger partial charge on any atom is 0.140 e. The maximum absolute atomic E-state index is 9.21. The SMILES string of the molecule is C=CCOCC1(C(C)O)CO1. The highest BCUT2D eigenvalue weighted by Crippen LogP contribution is 2.30. The second-order valence-corrected chi connectivity index (χ2v) is 2.83. The molecular formula is C8H14O3. The van der Waals surface area contributed by atoms with Crippen LogP contribution in [0.15, 0.2) is 12.7 Å². The number of ether oxygens (including phenoxy) is 2. The first kappa shape index (κ1) is 8.71. The molecule has 1 fully saturated rings. The lowest BCUT2D eigenvalue weighted by Gasteiger charge is -2.13. The number of hydrogen-bond donors (Lipinski definition) is 1. The Morgan fingerprint density at radius 3 is 2.91 bits per heavy atom. The van der Waals surface area contributed by atoms with E-state index in [2.05, 4.69) is 6.58 Å². The average molecular weight is 158 g/mol. The number of rotatable bonds is 5. The fourth-order valence-electron chi connectivity index (χ4n) is 0.853. The van der Waals surface area contributed by atoms with E-state index < -0.39 is 11.7 Å². The Kier molecular flexibility index (Phi) is 2.65. The average Bonchev–Trinajstić information content (AvgIpc) is 2.70. The first-order valence-electron chi connectivity index (χ1n) is 3.72. The van der Waals surface area contributed by atoms with Crippen LogP contribution in [-0.4, -0.2) is 36.6 Å². The van der Waals surface area contributed by atoms with Crippen molar-refractivity contribution in [2.75, 3.05) is 19.8 Å². The first-order valence-corrected chi connectivity index (χ1v) is 3.72. The summed E-state index contributed by atoms with van der Waals surface area (Å²) in [5.74, 6) is 0. The van der Waals surface area contributed by atoms with E-state index in [-0.39, 0.29) is 0 Å². The van der Waals surface area contributed by atoms with Crippen LogP contribution in [0, 0.1) is 0 Å². The van der Waals surface area contributed by atoms with Gasteiger partial charge < -0.3 is 14.6 Å². The highest BCUT2D eigenvalue weighted by Gasteiger charge is 2.49. The molecule has 11 heavy (non-hydrogen) atoms. The van der Waals surface area contributed by atoms with Gasteiger partial charge in [0.1, 0.15) is 5.60 Å². The molecule has 1 rings (SSSR count). The smallest absolute Gasteiger partial charge is 0.140 e. The fraction of sp³-hybridized carbons (Fsp3) is 0.750. The molecule has 1 aliphatic rings. The standard InChI is InChI=1S/C8H14O3/c1-3-4-10-5-8(6-11-8)7(2)9/h3,7,9H,1,4-6H2,2H3. The van der Waals surface area contributed by atoms with Crippen molar-refractivity contribution in [1.29, 1.82) is 0 Å². The van der Waals surface area contributed by atoms with Gasteiger partial charge in [-0.25, -0.2) is 0 Å². The molecule has 0 aromatic rings. The predicted molar refractivity (Wildman–Crippen MR) is 41.4 cm³/mol. The van der Waals surface area contributed by atoms with Gasteiger partial charge in [0, 0.05) is 0 Å². The van der Waals surface area contributed by atoms with Crippen LogP contribution < -0.4 is 0 Å². The Balaban J connectivity index is 2.19. The van der Waals surface area contributed by atoms with E-state index in [1.807, 2.05) is 0 Å². The largest absolute Gasteiger partial charge is 0.390 e. The second kappa shape index (κ2) is 3.34. The van der Waals surface area contributed by atoms with Gasteiger partial charge in [-0.3, -0.25) is 0 Å². The molecule has 1 saturated heterocycles. The van der Waals surface area contributed by atoms with Crippen molar-refractivity contribution in [2.24, 2.45) is 0 Å². The summed E-state index contributed by atoms with van der Waals surface area (Å²) in [6.07, 6.45) is 1.23. The molecule has 0 radical (unpaired) electrons. The van der Waals surface area contributed by atoms with E-state index in [9.17, 15) is 5.11 Å². The van der Waals surface area contributed by atoms with Crippen LogP contribution in [-0.2, 0) is 9.47 Å². The molecule has 1 N–H and O–H groups in total. The molecule has 0 bridgehead atoms. The summed E-state index contributed by atoms with van der Waals surface area (Å²) >= 11 is 0. The highest BCUT2D eigenvalue weighted by molar-refractivity contribution is 4.97. The van der Waals surface area contributed by atoms with Crippen molar-refractivity contribution in [3.8, 4) is 0 Å². The van der Waals surface area contributed by atoms with Gasteiger partial charge in [0.2, 0.25) is 0 Å². The number of epoxide rings is 1. The fourth-order valence-corrected chi connectivity index (χ4v) is 0.853. The molecule has 0 aromatic carbocycles. The summed E-state index contributed by atoms with van der Waals surface area (Å²) in [5, 5.41) is 9.21. The highest BCUT2D eigenvalue weighted by atomic mass is 16.6. The zero-order chi connectivity index (χ0) is 8.32. The van der Waals surface area contributed by atoms with Gasteiger partial charge >= 0.3 is 0 Å². The molecule has 0 amide bonds. The first-order chi connectivity index (χ1) is 5.21. The van der Waals surface area contributed by atoms with Gasteiger partial charge in [-0.15, -0.1) is 6.58 Å².